The minimum absolute atomic E-state index is 0.00531. The first-order chi connectivity index (χ1) is 16.9. The van der Waals surface area contributed by atoms with Gasteiger partial charge in [0, 0.05) is 28.7 Å². The third-order valence-corrected chi connectivity index (χ3v) is 7.82. The fourth-order valence-electron chi connectivity index (χ4n) is 4.06. The molecule has 0 aromatic heterocycles. The molecule has 7 nitrogen and oxygen atoms in total. The number of rotatable bonds is 9. The van der Waals surface area contributed by atoms with Crippen molar-refractivity contribution in [1.82, 2.24) is 10.2 Å². The van der Waals surface area contributed by atoms with Crippen LogP contribution in [0.2, 0.25) is 10.0 Å². The van der Waals surface area contributed by atoms with Gasteiger partial charge in [-0.1, -0.05) is 42.1 Å². The highest BCUT2D eigenvalue weighted by Crippen LogP contribution is 2.25. The quantitative estimate of drug-likeness (QED) is 0.487. The summed E-state index contributed by atoms with van der Waals surface area (Å²) in [6.07, 6.45) is 4.53. The molecule has 1 fully saturated rings. The van der Waals surface area contributed by atoms with Gasteiger partial charge in [0.05, 0.1) is 11.9 Å². The molecular formula is C24H27Cl2F2N3O4S. The van der Waals surface area contributed by atoms with Gasteiger partial charge in [0.15, 0.2) is 11.6 Å². The van der Waals surface area contributed by atoms with E-state index in [-0.39, 0.29) is 29.2 Å². The third kappa shape index (κ3) is 7.08. The molecule has 1 aliphatic rings. The Morgan fingerprint density at radius 1 is 1.08 bits per heavy atom. The smallest absolute Gasteiger partial charge is 0.244 e. The number of hydrogen-bond donors (Lipinski definition) is 1. The molecule has 0 bridgehead atoms. The molecule has 36 heavy (non-hydrogen) atoms. The normalized spacial score (nSPS) is 14.9. The molecule has 0 radical (unpaired) electrons. The predicted molar refractivity (Wildman–Crippen MR) is 135 cm³/mol. The van der Waals surface area contributed by atoms with Crippen LogP contribution in [0.4, 0.5) is 14.5 Å². The number of sulfonamides is 1. The number of carbonyl (C=O) groups is 2. The Morgan fingerprint density at radius 2 is 1.75 bits per heavy atom. The molecule has 0 unspecified atom stereocenters. The monoisotopic (exact) mass is 561 g/mol. The fourth-order valence-corrected chi connectivity index (χ4v) is 5.37. The van der Waals surface area contributed by atoms with Gasteiger partial charge in [-0.3, -0.25) is 13.9 Å². The molecule has 2 aromatic carbocycles. The van der Waals surface area contributed by atoms with Gasteiger partial charge in [0.25, 0.3) is 0 Å². The van der Waals surface area contributed by atoms with Crippen LogP contribution in [-0.4, -0.2) is 50.0 Å². The van der Waals surface area contributed by atoms with Crippen LogP contribution in [0.1, 0.15) is 38.2 Å². The first kappa shape index (κ1) is 28.1. The highest BCUT2D eigenvalue weighted by molar-refractivity contribution is 7.92. The lowest BCUT2D eigenvalue weighted by atomic mass is 10.1. The second-order valence-electron chi connectivity index (χ2n) is 8.79. The summed E-state index contributed by atoms with van der Waals surface area (Å²) in [5.74, 6) is -3.54. The lowest BCUT2D eigenvalue weighted by molar-refractivity contribution is -0.139. The van der Waals surface area contributed by atoms with E-state index in [1.807, 2.05) is 0 Å². The fraction of sp³-hybridized carbons (Fsp3) is 0.417. The Bertz CT molecular complexity index is 1240. The third-order valence-electron chi connectivity index (χ3n) is 6.10. The zero-order valence-electron chi connectivity index (χ0n) is 19.8. The minimum atomic E-state index is -4.07. The van der Waals surface area contributed by atoms with Crippen molar-refractivity contribution in [2.24, 2.45) is 0 Å². The molecule has 0 spiro atoms. The number of halogens is 4. The van der Waals surface area contributed by atoms with E-state index in [2.05, 4.69) is 5.32 Å². The van der Waals surface area contributed by atoms with E-state index in [1.165, 1.54) is 17.9 Å². The van der Waals surface area contributed by atoms with E-state index in [9.17, 15) is 26.8 Å². The average molecular weight is 562 g/mol. The number of anilines is 1. The van der Waals surface area contributed by atoms with Crippen LogP contribution < -0.4 is 9.62 Å². The summed E-state index contributed by atoms with van der Waals surface area (Å²) >= 11 is 12.3. The Hall–Kier alpha value is -2.43. The standard InChI is InChI=1S/C24H27Cl2F2N3O4S/c1-15(24(33)29-18-5-3-4-6-18)30(13-16-7-8-17(25)11-20(16)26)23(32)14-31(36(2,34)35)19-9-10-21(27)22(28)12-19/h7-12,15,18H,3-6,13-14H2,1-2H3,(H,29,33)/t15-/m1/s1. The van der Waals surface area contributed by atoms with Crippen LogP contribution in [-0.2, 0) is 26.2 Å². The molecule has 1 saturated carbocycles. The molecule has 1 aliphatic carbocycles. The maximum Gasteiger partial charge on any atom is 0.244 e. The van der Waals surface area contributed by atoms with Crippen LogP contribution >= 0.6 is 23.2 Å². The van der Waals surface area contributed by atoms with Crippen molar-refractivity contribution in [2.75, 3.05) is 17.1 Å². The topological polar surface area (TPSA) is 86.8 Å². The van der Waals surface area contributed by atoms with Crippen LogP contribution in [0.25, 0.3) is 0 Å². The van der Waals surface area contributed by atoms with Crippen molar-refractivity contribution in [1.29, 1.82) is 0 Å². The lowest BCUT2D eigenvalue weighted by Gasteiger charge is -2.32. The maximum absolute atomic E-state index is 13.8. The summed E-state index contributed by atoms with van der Waals surface area (Å²) in [7, 11) is -4.07. The first-order valence-electron chi connectivity index (χ1n) is 11.3. The van der Waals surface area contributed by atoms with Crippen molar-refractivity contribution in [3.8, 4) is 0 Å². The summed E-state index contributed by atoms with van der Waals surface area (Å²) in [6, 6.07) is 6.24. The van der Waals surface area contributed by atoms with Crippen LogP contribution in [0, 0.1) is 11.6 Å². The number of amides is 2. The van der Waals surface area contributed by atoms with E-state index >= 15 is 0 Å². The Balaban J connectivity index is 1.92. The molecular weight excluding hydrogens is 535 g/mol. The molecule has 0 heterocycles. The van der Waals surface area contributed by atoms with E-state index in [4.69, 9.17) is 23.2 Å². The Labute approximate surface area is 219 Å². The minimum Gasteiger partial charge on any atom is -0.352 e. The Morgan fingerprint density at radius 3 is 2.33 bits per heavy atom. The zero-order valence-corrected chi connectivity index (χ0v) is 22.1. The van der Waals surface area contributed by atoms with E-state index < -0.39 is 40.2 Å². The van der Waals surface area contributed by atoms with Gasteiger partial charge in [-0.2, -0.15) is 0 Å². The molecule has 2 amide bonds. The molecule has 2 aromatic rings. The van der Waals surface area contributed by atoms with Crippen LogP contribution in [0.3, 0.4) is 0 Å². The van der Waals surface area contributed by atoms with Crippen LogP contribution in [0.5, 0.6) is 0 Å². The molecule has 0 saturated heterocycles. The molecule has 196 valence electrons. The number of nitrogens with one attached hydrogen (secondary N) is 1. The highest BCUT2D eigenvalue weighted by atomic mass is 35.5. The molecule has 3 rings (SSSR count). The summed E-state index contributed by atoms with van der Waals surface area (Å²) in [5, 5.41) is 3.59. The highest BCUT2D eigenvalue weighted by Gasteiger charge is 2.32. The van der Waals surface area contributed by atoms with Gasteiger partial charge in [-0.25, -0.2) is 17.2 Å². The number of nitrogens with zero attached hydrogens (tertiary/aromatic N) is 2. The number of carbonyl (C=O) groups excluding carboxylic acids is 2. The summed E-state index contributed by atoms with van der Waals surface area (Å²) in [5.41, 5.74) is 0.269. The van der Waals surface area contributed by atoms with Gasteiger partial charge < -0.3 is 10.2 Å². The van der Waals surface area contributed by atoms with Gasteiger partial charge in [-0.05, 0) is 49.6 Å². The molecule has 1 atom stereocenters. The summed E-state index contributed by atoms with van der Waals surface area (Å²) in [4.78, 5) is 27.7. The van der Waals surface area contributed by atoms with E-state index in [1.54, 1.807) is 12.1 Å². The van der Waals surface area contributed by atoms with Gasteiger partial charge in [0.1, 0.15) is 12.6 Å². The van der Waals surface area contributed by atoms with Gasteiger partial charge in [-0.15, -0.1) is 0 Å². The van der Waals surface area contributed by atoms with E-state index in [0.29, 0.717) is 21.0 Å². The molecule has 12 heteroatoms. The second kappa shape index (κ2) is 11.7. The van der Waals surface area contributed by atoms with Crippen molar-refractivity contribution in [3.05, 3.63) is 63.6 Å². The SMILES string of the molecule is C[C@H](C(=O)NC1CCCC1)N(Cc1ccc(Cl)cc1Cl)C(=O)CN(c1ccc(F)c(F)c1)S(C)(=O)=O. The Kier molecular flexibility index (Phi) is 9.18. The van der Waals surface area contributed by atoms with Crippen molar-refractivity contribution in [3.63, 3.8) is 0 Å². The average Bonchev–Trinajstić information content (AvgIpc) is 3.30. The van der Waals surface area contributed by atoms with Crippen LogP contribution in [0.15, 0.2) is 36.4 Å². The van der Waals surface area contributed by atoms with Gasteiger partial charge >= 0.3 is 0 Å². The maximum atomic E-state index is 13.8. The van der Waals surface area contributed by atoms with Gasteiger partial charge in [0.2, 0.25) is 21.8 Å². The number of hydrogen-bond acceptors (Lipinski definition) is 4. The lowest BCUT2D eigenvalue weighted by Crippen LogP contribution is -2.52. The molecule has 0 aliphatic heterocycles. The summed E-state index contributed by atoms with van der Waals surface area (Å²) < 4.78 is 52.9. The van der Waals surface area contributed by atoms with Crippen molar-refractivity contribution in [2.45, 2.75) is 51.2 Å². The second-order valence-corrected chi connectivity index (χ2v) is 11.5. The van der Waals surface area contributed by atoms with Crippen molar-refractivity contribution >= 4 is 50.7 Å². The first-order valence-corrected chi connectivity index (χ1v) is 13.9. The number of benzene rings is 2. The zero-order chi connectivity index (χ0) is 26.6. The van der Waals surface area contributed by atoms with Crippen molar-refractivity contribution < 1.29 is 26.8 Å². The van der Waals surface area contributed by atoms with E-state index in [0.717, 1.165) is 44.1 Å². The summed E-state index contributed by atoms with van der Waals surface area (Å²) in [6.45, 7) is 0.688. The molecule has 1 N–H and O–H groups in total. The largest absolute Gasteiger partial charge is 0.352 e. The predicted octanol–water partition coefficient (Wildman–Crippen LogP) is 4.51.